The van der Waals surface area contributed by atoms with Gasteiger partial charge in [0.15, 0.2) is 11.3 Å². The van der Waals surface area contributed by atoms with Crippen molar-refractivity contribution >= 4 is 30.0 Å². The number of hydrazone groups is 1. The first-order valence-electron chi connectivity index (χ1n) is 12.5. The van der Waals surface area contributed by atoms with Crippen LogP contribution in [0.2, 0.25) is 0 Å². The topological polar surface area (TPSA) is 251 Å². The van der Waals surface area contributed by atoms with Crippen molar-refractivity contribution in [2.75, 3.05) is 12.0 Å². The zero-order chi connectivity index (χ0) is 30.4. The SMILES string of the molecule is O=C(CO)[C@H](O)[C@@H](O)[C@@H](O)[C@H](O)C(O)/C=N\Nc1nnc(CN2C(=O)NC(=O)C2(c2ccccc2)c2ccccc2)o1. The number of carbonyl (C=O) groups is 3. The van der Waals surface area contributed by atoms with Gasteiger partial charge in [-0.2, -0.15) is 5.10 Å². The number of benzene rings is 2. The molecule has 4 rings (SSSR count). The van der Waals surface area contributed by atoms with Crippen LogP contribution in [-0.2, 0) is 21.7 Å². The van der Waals surface area contributed by atoms with E-state index in [0.29, 0.717) is 17.3 Å². The smallest absolute Gasteiger partial charge is 0.336 e. The highest BCUT2D eigenvalue weighted by Gasteiger charge is 2.55. The highest BCUT2D eigenvalue weighted by molar-refractivity contribution is 6.09. The maximum Gasteiger partial charge on any atom is 0.336 e. The molecule has 0 radical (unpaired) electrons. The van der Waals surface area contributed by atoms with Gasteiger partial charge >= 0.3 is 12.0 Å². The van der Waals surface area contributed by atoms with E-state index >= 15 is 0 Å². The Labute approximate surface area is 237 Å². The summed E-state index contributed by atoms with van der Waals surface area (Å²) in [6, 6.07) is 16.4. The van der Waals surface area contributed by atoms with E-state index in [1.807, 2.05) is 0 Å². The number of aromatic nitrogens is 2. The van der Waals surface area contributed by atoms with Crippen molar-refractivity contribution in [2.24, 2.45) is 5.10 Å². The number of hydrogen-bond donors (Lipinski definition) is 8. The number of imide groups is 1. The number of nitrogens with zero attached hydrogens (tertiary/aromatic N) is 4. The molecular formula is C26H28N6O10. The highest BCUT2D eigenvalue weighted by Crippen LogP contribution is 2.40. The number of anilines is 1. The minimum absolute atomic E-state index is 0.0875. The summed E-state index contributed by atoms with van der Waals surface area (Å²) in [6.45, 7) is -1.40. The second kappa shape index (κ2) is 12.9. The van der Waals surface area contributed by atoms with E-state index in [-0.39, 0.29) is 18.5 Å². The van der Waals surface area contributed by atoms with Crippen LogP contribution in [0.3, 0.4) is 0 Å². The number of rotatable bonds is 13. The maximum atomic E-state index is 13.4. The third-order valence-electron chi connectivity index (χ3n) is 6.59. The molecule has 42 heavy (non-hydrogen) atoms. The predicted octanol–water partition coefficient (Wildman–Crippen LogP) is -2.17. The number of ketones is 1. The Kier molecular flexibility index (Phi) is 9.36. The van der Waals surface area contributed by atoms with Crippen LogP contribution in [0, 0.1) is 0 Å². The molecule has 0 saturated carbocycles. The van der Waals surface area contributed by atoms with Crippen LogP contribution in [0.25, 0.3) is 0 Å². The molecule has 1 aromatic heterocycles. The monoisotopic (exact) mass is 584 g/mol. The van der Waals surface area contributed by atoms with Gasteiger partial charge in [0.25, 0.3) is 5.91 Å². The van der Waals surface area contributed by atoms with E-state index in [9.17, 15) is 39.9 Å². The predicted molar refractivity (Wildman–Crippen MR) is 141 cm³/mol. The van der Waals surface area contributed by atoms with Crippen LogP contribution in [0.4, 0.5) is 10.8 Å². The molecule has 16 nitrogen and oxygen atoms in total. The Hall–Kier alpha value is -4.58. The fraction of sp³-hybridized carbons (Fsp3) is 0.308. The van der Waals surface area contributed by atoms with E-state index in [4.69, 9.17) is 9.52 Å². The molecule has 3 aromatic rings. The number of aliphatic hydroxyl groups excluding tert-OH is 6. The van der Waals surface area contributed by atoms with Gasteiger partial charge in [0, 0.05) is 0 Å². The van der Waals surface area contributed by atoms with Crippen molar-refractivity contribution < 1.29 is 49.4 Å². The fourth-order valence-electron chi connectivity index (χ4n) is 4.45. The van der Waals surface area contributed by atoms with Gasteiger partial charge in [-0.25, -0.2) is 10.2 Å². The van der Waals surface area contributed by atoms with Gasteiger partial charge in [-0.15, -0.1) is 5.10 Å². The zero-order valence-corrected chi connectivity index (χ0v) is 21.8. The first-order valence-corrected chi connectivity index (χ1v) is 12.5. The van der Waals surface area contributed by atoms with Gasteiger partial charge in [-0.1, -0.05) is 65.8 Å². The van der Waals surface area contributed by atoms with Crippen LogP contribution < -0.4 is 10.7 Å². The van der Waals surface area contributed by atoms with Crippen molar-refractivity contribution in [2.45, 2.75) is 42.6 Å². The van der Waals surface area contributed by atoms with Crippen LogP contribution in [0.1, 0.15) is 17.0 Å². The molecule has 2 heterocycles. The Morgan fingerprint density at radius 2 is 1.55 bits per heavy atom. The van der Waals surface area contributed by atoms with E-state index in [2.05, 4.69) is 26.0 Å². The molecule has 0 bridgehead atoms. The Bertz CT molecular complexity index is 1380. The van der Waals surface area contributed by atoms with Crippen molar-refractivity contribution in [1.29, 1.82) is 0 Å². The molecule has 8 N–H and O–H groups in total. The van der Waals surface area contributed by atoms with Crippen LogP contribution >= 0.6 is 0 Å². The van der Waals surface area contributed by atoms with Gasteiger partial charge in [0.05, 0.1) is 6.21 Å². The van der Waals surface area contributed by atoms with E-state index < -0.39 is 60.4 Å². The third kappa shape index (κ3) is 5.89. The van der Waals surface area contributed by atoms with Gasteiger partial charge in [-0.3, -0.25) is 19.8 Å². The second-order valence-electron chi connectivity index (χ2n) is 9.21. The molecule has 1 aliphatic rings. The van der Waals surface area contributed by atoms with Crippen molar-refractivity contribution in [3.05, 3.63) is 77.7 Å². The number of Topliss-reactive ketones (excluding diaryl/α,β-unsaturated/α-hetero) is 1. The molecule has 0 aliphatic carbocycles. The van der Waals surface area contributed by atoms with Crippen molar-refractivity contribution in [3.63, 3.8) is 0 Å². The number of amides is 3. The van der Waals surface area contributed by atoms with Gasteiger partial charge < -0.3 is 35.1 Å². The van der Waals surface area contributed by atoms with Crippen LogP contribution in [-0.4, -0.2) is 107 Å². The highest BCUT2D eigenvalue weighted by atomic mass is 16.4. The van der Waals surface area contributed by atoms with Crippen molar-refractivity contribution in [3.8, 4) is 0 Å². The van der Waals surface area contributed by atoms with Gasteiger partial charge in [0.1, 0.15) is 43.7 Å². The van der Waals surface area contributed by atoms with Gasteiger partial charge in [-0.05, 0) is 11.1 Å². The summed E-state index contributed by atoms with van der Waals surface area (Å²) in [5.41, 5.74) is 1.80. The summed E-state index contributed by atoms with van der Waals surface area (Å²) >= 11 is 0. The standard InChI is InChI=1S/C26H28N6O10/c33-13-17(35)20(37)22(39)21(38)19(36)16(34)11-27-30-24-31-29-18(42-24)12-32-25(41)28-23(40)26(32,14-7-3-1-4-8-14)15-9-5-2-6-10-15/h1-11,16,19-22,33-34,36-39H,12-13H2,(H,30,31)(H,28,40,41)/b27-11-/t16?,19-,20+,21+,22-/m1/s1. The summed E-state index contributed by atoms with van der Waals surface area (Å²) in [5, 5.41) is 71.7. The summed E-state index contributed by atoms with van der Waals surface area (Å²) in [6.07, 6.45) is -9.89. The van der Waals surface area contributed by atoms with Gasteiger partial charge in [0.2, 0.25) is 5.89 Å². The number of hydrogen-bond acceptors (Lipinski definition) is 14. The largest absolute Gasteiger partial charge is 0.405 e. The Morgan fingerprint density at radius 3 is 2.12 bits per heavy atom. The lowest BCUT2D eigenvalue weighted by molar-refractivity contribution is -0.151. The quantitative estimate of drug-likeness (QED) is 0.0606. The molecular weight excluding hydrogens is 556 g/mol. The summed E-state index contributed by atoms with van der Waals surface area (Å²) < 4.78 is 5.48. The van der Waals surface area contributed by atoms with Crippen molar-refractivity contribution in [1.82, 2.24) is 20.4 Å². The average Bonchev–Trinajstić information content (AvgIpc) is 3.56. The molecule has 1 saturated heterocycles. The number of urea groups is 1. The van der Waals surface area contributed by atoms with E-state index in [1.54, 1.807) is 60.7 Å². The first-order chi connectivity index (χ1) is 20.1. The second-order valence-corrected chi connectivity index (χ2v) is 9.21. The molecule has 0 spiro atoms. The summed E-state index contributed by atoms with van der Waals surface area (Å²) in [4.78, 5) is 38.9. The Balaban J connectivity index is 1.48. The molecule has 16 heteroatoms. The fourth-order valence-corrected chi connectivity index (χ4v) is 4.45. The third-order valence-corrected chi connectivity index (χ3v) is 6.59. The molecule has 1 unspecified atom stereocenters. The first kappa shape index (κ1) is 30.4. The lowest BCUT2D eigenvalue weighted by Crippen LogP contribution is -2.52. The Morgan fingerprint density at radius 1 is 0.952 bits per heavy atom. The van der Waals surface area contributed by atoms with Crippen LogP contribution in [0.15, 0.2) is 70.2 Å². The zero-order valence-electron chi connectivity index (χ0n) is 21.8. The van der Waals surface area contributed by atoms with E-state index in [1.165, 1.54) is 4.90 Å². The molecule has 1 aliphatic heterocycles. The lowest BCUT2D eigenvalue weighted by atomic mass is 9.81. The molecule has 5 atom stereocenters. The normalized spacial score (nSPS) is 18.4. The molecule has 1 fully saturated rings. The van der Waals surface area contributed by atoms with Crippen LogP contribution in [0.5, 0.6) is 0 Å². The molecule has 3 amide bonds. The minimum atomic E-state index is -2.21. The molecule has 222 valence electrons. The lowest BCUT2D eigenvalue weighted by Gasteiger charge is -2.35. The maximum absolute atomic E-state index is 13.4. The molecule has 2 aromatic carbocycles. The van der Waals surface area contributed by atoms with E-state index in [0.717, 1.165) is 0 Å². The minimum Gasteiger partial charge on any atom is -0.405 e. The summed E-state index contributed by atoms with van der Waals surface area (Å²) in [7, 11) is 0. The average molecular weight is 585 g/mol. The number of nitrogens with one attached hydrogen (secondary N) is 2. The summed E-state index contributed by atoms with van der Waals surface area (Å²) in [5.74, 6) is -1.86. The number of aliphatic hydroxyl groups is 6. The number of carbonyl (C=O) groups excluding carboxylic acids is 3.